The van der Waals surface area contributed by atoms with Gasteiger partial charge in [-0.3, -0.25) is 0 Å². The molecule has 2 heterocycles. The summed E-state index contributed by atoms with van der Waals surface area (Å²) in [7, 11) is 0. The number of nitrogens with one attached hydrogen (secondary N) is 2. The van der Waals surface area contributed by atoms with Crippen LogP contribution in [0.25, 0.3) is 0 Å². The maximum Gasteiger partial charge on any atom is 0.229 e. The van der Waals surface area contributed by atoms with Gasteiger partial charge >= 0.3 is 0 Å². The standard InChI is InChI=1S/C11H13Cl2N5S/c1-2-5-14-10-16-9(13)17-11(18-10)15-6-7-3-4-8(12)19-7/h3-4H,2,5-6H2,1H3,(H2,14,15,16,17,18). The molecule has 0 spiro atoms. The van der Waals surface area contributed by atoms with Gasteiger partial charge in [0.25, 0.3) is 0 Å². The van der Waals surface area contributed by atoms with Gasteiger partial charge in [0, 0.05) is 11.4 Å². The van der Waals surface area contributed by atoms with E-state index in [2.05, 4.69) is 32.5 Å². The lowest BCUT2D eigenvalue weighted by Crippen LogP contribution is -2.09. The summed E-state index contributed by atoms with van der Waals surface area (Å²) in [6.07, 6.45) is 0.986. The molecule has 0 atom stereocenters. The highest BCUT2D eigenvalue weighted by atomic mass is 35.5. The van der Waals surface area contributed by atoms with Crippen molar-refractivity contribution in [1.82, 2.24) is 15.0 Å². The molecule has 0 aliphatic carbocycles. The molecule has 0 aromatic carbocycles. The van der Waals surface area contributed by atoms with Crippen molar-refractivity contribution in [2.45, 2.75) is 19.9 Å². The summed E-state index contributed by atoms with van der Waals surface area (Å²) in [6, 6.07) is 3.82. The fraction of sp³-hybridized carbons (Fsp3) is 0.364. The summed E-state index contributed by atoms with van der Waals surface area (Å²) in [6.45, 7) is 3.46. The fourth-order valence-electron chi connectivity index (χ4n) is 1.36. The van der Waals surface area contributed by atoms with E-state index in [1.54, 1.807) is 0 Å². The summed E-state index contributed by atoms with van der Waals surface area (Å²) in [4.78, 5) is 13.4. The highest BCUT2D eigenvalue weighted by Gasteiger charge is 2.05. The highest BCUT2D eigenvalue weighted by Crippen LogP contribution is 2.22. The predicted molar refractivity (Wildman–Crippen MR) is 80.3 cm³/mol. The maximum atomic E-state index is 5.87. The second-order valence-electron chi connectivity index (χ2n) is 3.74. The summed E-state index contributed by atoms with van der Waals surface area (Å²) >= 11 is 13.2. The van der Waals surface area contributed by atoms with Gasteiger partial charge in [-0.15, -0.1) is 11.3 Å². The first kappa shape index (κ1) is 14.3. The predicted octanol–water partition coefficient (Wildman–Crippen LogP) is 3.67. The smallest absolute Gasteiger partial charge is 0.229 e. The molecule has 0 unspecified atom stereocenters. The molecule has 0 aliphatic rings. The minimum absolute atomic E-state index is 0.167. The second-order valence-corrected chi connectivity index (χ2v) is 5.88. The van der Waals surface area contributed by atoms with Crippen molar-refractivity contribution in [3.63, 3.8) is 0 Å². The van der Waals surface area contributed by atoms with E-state index in [0.717, 1.165) is 22.2 Å². The number of halogens is 2. The van der Waals surface area contributed by atoms with Crippen LogP contribution in [0.15, 0.2) is 12.1 Å². The Morgan fingerprint density at radius 3 is 2.47 bits per heavy atom. The molecular formula is C11H13Cl2N5S. The first-order valence-corrected chi connectivity index (χ1v) is 7.38. The van der Waals surface area contributed by atoms with E-state index in [9.17, 15) is 0 Å². The van der Waals surface area contributed by atoms with Crippen LogP contribution in [0.5, 0.6) is 0 Å². The van der Waals surface area contributed by atoms with Crippen LogP contribution in [0.3, 0.4) is 0 Å². The molecule has 2 N–H and O–H groups in total. The van der Waals surface area contributed by atoms with E-state index in [4.69, 9.17) is 23.2 Å². The van der Waals surface area contributed by atoms with Gasteiger partial charge in [0.2, 0.25) is 17.2 Å². The minimum atomic E-state index is 0.167. The lowest BCUT2D eigenvalue weighted by atomic mass is 10.5. The van der Waals surface area contributed by atoms with E-state index in [1.807, 2.05) is 12.1 Å². The van der Waals surface area contributed by atoms with Gasteiger partial charge < -0.3 is 10.6 Å². The number of hydrogen-bond donors (Lipinski definition) is 2. The monoisotopic (exact) mass is 317 g/mol. The Labute approximate surface area is 125 Å². The molecule has 0 radical (unpaired) electrons. The molecule has 0 saturated carbocycles. The second kappa shape index (κ2) is 6.88. The van der Waals surface area contributed by atoms with Gasteiger partial charge in [-0.2, -0.15) is 15.0 Å². The normalized spacial score (nSPS) is 10.5. The molecule has 0 fully saturated rings. The zero-order valence-corrected chi connectivity index (χ0v) is 12.6. The third-order valence-corrected chi connectivity index (χ3v) is 3.59. The van der Waals surface area contributed by atoms with Gasteiger partial charge in [-0.25, -0.2) is 0 Å². The molecule has 0 saturated heterocycles. The number of nitrogens with zero attached hydrogens (tertiary/aromatic N) is 3. The molecule has 0 bridgehead atoms. The first-order chi connectivity index (χ1) is 9.17. The van der Waals surface area contributed by atoms with Gasteiger partial charge in [0.1, 0.15) is 0 Å². The van der Waals surface area contributed by atoms with Crippen LogP contribution in [0, 0.1) is 0 Å². The van der Waals surface area contributed by atoms with Crippen molar-refractivity contribution in [1.29, 1.82) is 0 Å². The van der Waals surface area contributed by atoms with E-state index < -0.39 is 0 Å². The van der Waals surface area contributed by atoms with Crippen molar-refractivity contribution in [2.24, 2.45) is 0 Å². The highest BCUT2D eigenvalue weighted by molar-refractivity contribution is 7.16. The van der Waals surface area contributed by atoms with Crippen LogP contribution in [0.4, 0.5) is 11.9 Å². The molecule has 0 amide bonds. The number of thiophene rings is 1. The Kier molecular flexibility index (Phi) is 5.18. The van der Waals surface area contributed by atoms with Gasteiger partial charge in [0.05, 0.1) is 10.9 Å². The minimum Gasteiger partial charge on any atom is -0.354 e. The zero-order chi connectivity index (χ0) is 13.7. The van der Waals surface area contributed by atoms with Crippen LogP contribution in [0.2, 0.25) is 9.62 Å². The largest absolute Gasteiger partial charge is 0.354 e. The zero-order valence-electron chi connectivity index (χ0n) is 10.3. The Balaban J connectivity index is 2.01. The first-order valence-electron chi connectivity index (χ1n) is 5.81. The number of rotatable bonds is 6. The van der Waals surface area contributed by atoms with Crippen LogP contribution < -0.4 is 10.6 Å². The molecule has 2 aromatic rings. The average molecular weight is 318 g/mol. The Morgan fingerprint density at radius 2 is 1.84 bits per heavy atom. The van der Waals surface area contributed by atoms with E-state index >= 15 is 0 Å². The van der Waals surface area contributed by atoms with Crippen molar-refractivity contribution < 1.29 is 0 Å². The fourth-order valence-corrected chi connectivity index (χ4v) is 2.55. The quantitative estimate of drug-likeness (QED) is 0.851. The van der Waals surface area contributed by atoms with E-state index in [0.29, 0.717) is 18.4 Å². The van der Waals surface area contributed by atoms with Crippen LogP contribution >= 0.6 is 34.5 Å². The van der Waals surface area contributed by atoms with Crippen molar-refractivity contribution in [2.75, 3.05) is 17.2 Å². The summed E-state index contributed by atoms with van der Waals surface area (Å²) < 4.78 is 0.760. The Hall–Kier alpha value is -1.11. The molecule has 0 aliphatic heterocycles. The van der Waals surface area contributed by atoms with Crippen LogP contribution in [-0.2, 0) is 6.54 Å². The van der Waals surface area contributed by atoms with Crippen molar-refractivity contribution >= 4 is 46.4 Å². The molecule has 5 nitrogen and oxygen atoms in total. The molecule has 19 heavy (non-hydrogen) atoms. The van der Waals surface area contributed by atoms with Crippen molar-refractivity contribution in [3.8, 4) is 0 Å². The van der Waals surface area contributed by atoms with Crippen molar-refractivity contribution in [3.05, 3.63) is 26.6 Å². The van der Waals surface area contributed by atoms with E-state index in [1.165, 1.54) is 11.3 Å². The number of anilines is 2. The van der Waals surface area contributed by atoms with E-state index in [-0.39, 0.29) is 5.28 Å². The molecule has 2 rings (SSSR count). The molecule has 8 heteroatoms. The summed E-state index contributed by atoms with van der Waals surface area (Å²) in [5.74, 6) is 0.927. The van der Waals surface area contributed by atoms with Gasteiger partial charge in [-0.05, 0) is 30.2 Å². The third-order valence-electron chi connectivity index (χ3n) is 2.19. The number of aromatic nitrogens is 3. The van der Waals surface area contributed by atoms with Gasteiger partial charge in [-0.1, -0.05) is 18.5 Å². The summed E-state index contributed by atoms with van der Waals surface area (Å²) in [5, 5.41) is 6.34. The van der Waals surface area contributed by atoms with Crippen LogP contribution in [0.1, 0.15) is 18.2 Å². The van der Waals surface area contributed by atoms with Gasteiger partial charge in [0.15, 0.2) is 0 Å². The Morgan fingerprint density at radius 1 is 1.11 bits per heavy atom. The molecular weight excluding hydrogens is 305 g/mol. The molecule has 102 valence electrons. The Bertz CT molecular complexity index is 546. The SMILES string of the molecule is CCCNc1nc(Cl)nc(NCc2ccc(Cl)s2)n1. The lowest BCUT2D eigenvalue weighted by Gasteiger charge is -2.06. The number of hydrogen-bond acceptors (Lipinski definition) is 6. The topological polar surface area (TPSA) is 62.7 Å². The third kappa shape index (κ3) is 4.49. The summed E-state index contributed by atoms with van der Waals surface area (Å²) in [5.41, 5.74) is 0. The lowest BCUT2D eigenvalue weighted by molar-refractivity contribution is 0.934. The van der Waals surface area contributed by atoms with Crippen LogP contribution in [-0.4, -0.2) is 21.5 Å². The maximum absolute atomic E-state index is 5.87. The average Bonchev–Trinajstić information content (AvgIpc) is 2.79. The molecule has 2 aromatic heterocycles.